The number of benzene rings is 1. The maximum Gasteiger partial charge on any atom is 0.472 e. The van der Waals surface area contributed by atoms with Gasteiger partial charge < -0.3 is 20.5 Å². The van der Waals surface area contributed by atoms with E-state index in [1.54, 1.807) is 24.3 Å². The van der Waals surface area contributed by atoms with Crippen molar-refractivity contribution >= 4 is 48.3 Å². The molecule has 0 radical (unpaired) electrons. The molecule has 2 saturated heterocycles. The van der Waals surface area contributed by atoms with E-state index in [-0.39, 0.29) is 28.9 Å². The number of halogens is 1. The van der Waals surface area contributed by atoms with Gasteiger partial charge in [0.05, 0.1) is 6.61 Å². The Hall–Kier alpha value is -1.96. The first-order valence-electron chi connectivity index (χ1n) is 8.92. The summed E-state index contributed by atoms with van der Waals surface area (Å²) >= 11 is 7.12. The summed E-state index contributed by atoms with van der Waals surface area (Å²) in [4.78, 5) is 33.6. The Morgan fingerprint density at radius 3 is 2.81 bits per heavy atom. The second kappa shape index (κ2) is 7.57. The standard InChI is InChI=1S/C16H15ClN5O7PS/c17-6-1-3-7(4-2-6)31-16-19-9-12(20-15(18)21-13(9)24)22(16)14-10(23)11-8(28-14)5-27-30(25,26)29-11/h1-4,8,10-11,14,23H,5H2,(H,25,26)(H3,18,20,21,24). The minimum absolute atomic E-state index is 0.0127. The number of nitrogens with zero attached hydrogens (tertiary/aromatic N) is 3. The second-order valence-electron chi connectivity index (χ2n) is 6.83. The Morgan fingerprint density at radius 2 is 2.06 bits per heavy atom. The van der Waals surface area contributed by atoms with Gasteiger partial charge in [0.25, 0.3) is 5.56 Å². The number of nitrogens with one attached hydrogen (secondary N) is 1. The van der Waals surface area contributed by atoms with E-state index in [2.05, 4.69) is 15.0 Å². The van der Waals surface area contributed by atoms with Crippen LogP contribution in [0.15, 0.2) is 39.1 Å². The minimum Gasteiger partial charge on any atom is -0.386 e. The Bertz CT molecular complexity index is 1270. The summed E-state index contributed by atoms with van der Waals surface area (Å²) in [5, 5.41) is 11.7. The van der Waals surface area contributed by atoms with Crippen LogP contribution in [0.2, 0.25) is 5.02 Å². The smallest absolute Gasteiger partial charge is 0.386 e. The van der Waals surface area contributed by atoms with Crippen molar-refractivity contribution in [2.24, 2.45) is 0 Å². The lowest BCUT2D eigenvalue weighted by Crippen LogP contribution is -2.39. The van der Waals surface area contributed by atoms with Gasteiger partial charge in [-0.15, -0.1) is 0 Å². The third-order valence-electron chi connectivity index (χ3n) is 4.78. The molecule has 1 aromatic carbocycles. The molecule has 0 bridgehead atoms. The molecule has 3 aromatic rings. The van der Waals surface area contributed by atoms with Crippen LogP contribution in [0.1, 0.15) is 6.23 Å². The van der Waals surface area contributed by atoms with Gasteiger partial charge in [-0.25, -0.2) is 9.55 Å². The van der Waals surface area contributed by atoms with E-state index in [0.717, 1.165) is 4.90 Å². The zero-order valence-corrected chi connectivity index (χ0v) is 17.9. The number of rotatable bonds is 3. The van der Waals surface area contributed by atoms with E-state index >= 15 is 0 Å². The first-order valence-corrected chi connectivity index (χ1v) is 11.6. The maximum absolute atomic E-state index is 12.4. The molecule has 2 fully saturated rings. The number of aliphatic hydroxyl groups excluding tert-OH is 1. The number of aromatic amines is 1. The number of fused-ring (bicyclic) bond motifs is 2. The molecular weight excluding hydrogens is 473 g/mol. The molecule has 2 aliphatic heterocycles. The number of phosphoric ester groups is 1. The third-order valence-corrected chi connectivity index (χ3v) is 7.00. The van der Waals surface area contributed by atoms with Gasteiger partial charge in [-0.05, 0) is 24.3 Å². The van der Waals surface area contributed by atoms with Crippen molar-refractivity contribution in [1.29, 1.82) is 0 Å². The fraction of sp³-hybridized carbons (Fsp3) is 0.312. The molecule has 2 aromatic heterocycles. The average molecular weight is 488 g/mol. The molecule has 5 N–H and O–H groups in total. The second-order valence-corrected chi connectivity index (χ2v) is 9.72. The van der Waals surface area contributed by atoms with Crippen molar-refractivity contribution in [3.05, 3.63) is 39.6 Å². The van der Waals surface area contributed by atoms with E-state index in [1.165, 1.54) is 16.3 Å². The summed E-state index contributed by atoms with van der Waals surface area (Å²) in [5.74, 6) is -0.147. The van der Waals surface area contributed by atoms with Crippen LogP contribution in [0.5, 0.6) is 0 Å². The lowest BCUT2D eigenvalue weighted by molar-refractivity contribution is -0.0684. The molecular formula is C16H15ClN5O7PS. The Kier molecular flexibility index (Phi) is 5.11. The van der Waals surface area contributed by atoms with Crippen molar-refractivity contribution in [2.45, 2.75) is 34.6 Å². The first kappa shape index (κ1) is 20.9. The zero-order chi connectivity index (χ0) is 21.9. The van der Waals surface area contributed by atoms with Gasteiger partial charge in [-0.2, -0.15) is 4.98 Å². The van der Waals surface area contributed by atoms with Crippen LogP contribution in [0.25, 0.3) is 11.2 Å². The molecule has 0 amide bonds. The topological polar surface area (TPSA) is 175 Å². The zero-order valence-electron chi connectivity index (χ0n) is 15.4. The molecule has 4 heterocycles. The summed E-state index contributed by atoms with van der Waals surface area (Å²) in [6.45, 7) is -0.256. The largest absolute Gasteiger partial charge is 0.472 e. The van der Waals surface area contributed by atoms with E-state index in [9.17, 15) is 19.4 Å². The van der Waals surface area contributed by atoms with Gasteiger partial charge >= 0.3 is 7.82 Å². The monoisotopic (exact) mass is 487 g/mol. The molecule has 0 aliphatic carbocycles. The lowest BCUT2D eigenvalue weighted by Gasteiger charge is -2.27. The molecule has 31 heavy (non-hydrogen) atoms. The number of phosphoric acid groups is 1. The average Bonchev–Trinajstić information content (AvgIpc) is 3.20. The summed E-state index contributed by atoms with van der Waals surface area (Å²) < 4.78 is 28.9. The predicted octanol–water partition coefficient (Wildman–Crippen LogP) is 1.28. The summed E-state index contributed by atoms with van der Waals surface area (Å²) in [7, 11) is -4.31. The van der Waals surface area contributed by atoms with Gasteiger partial charge in [0.15, 0.2) is 22.5 Å². The molecule has 5 unspecified atom stereocenters. The van der Waals surface area contributed by atoms with E-state index in [0.29, 0.717) is 5.02 Å². The number of hydrogen-bond acceptors (Lipinski definition) is 10. The number of anilines is 1. The van der Waals surface area contributed by atoms with E-state index in [4.69, 9.17) is 31.1 Å². The highest BCUT2D eigenvalue weighted by atomic mass is 35.5. The summed E-state index contributed by atoms with van der Waals surface area (Å²) in [6, 6.07) is 6.90. The van der Waals surface area contributed by atoms with E-state index in [1.807, 2.05) is 0 Å². The Balaban J connectivity index is 1.62. The molecule has 0 spiro atoms. The highest BCUT2D eigenvalue weighted by molar-refractivity contribution is 7.99. The number of nitrogen functional groups attached to an aromatic ring is 1. The molecule has 15 heteroatoms. The molecule has 164 valence electrons. The van der Waals surface area contributed by atoms with Crippen LogP contribution in [-0.4, -0.2) is 54.4 Å². The van der Waals surface area contributed by atoms with Gasteiger partial charge in [-0.1, -0.05) is 23.4 Å². The first-order chi connectivity index (χ1) is 14.7. The van der Waals surface area contributed by atoms with Crippen LogP contribution in [-0.2, 0) is 18.3 Å². The van der Waals surface area contributed by atoms with Crippen LogP contribution < -0.4 is 11.3 Å². The van der Waals surface area contributed by atoms with Crippen molar-refractivity contribution in [3.63, 3.8) is 0 Å². The van der Waals surface area contributed by atoms with Crippen LogP contribution >= 0.6 is 31.2 Å². The number of aromatic nitrogens is 4. The predicted molar refractivity (Wildman–Crippen MR) is 109 cm³/mol. The fourth-order valence-electron chi connectivity index (χ4n) is 3.44. The highest BCUT2D eigenvalue weighted by Gasteiger charge is 2.53. The number of hydrogen-bond donors (Lipinski definition) is 4. The molecule has 5 atom stereocenters. The van der Waals surface area contributed by atoms with E-state index < -0.39 is 37.9 Å². The van der Waals surface area contributed by atoms with Crippen LogP contribution in [0.4, 0.5) is 5.95 Å². The minimum atomic E-state index is -4.31. The van der Waals surface area contributed by atoms with Crippen LogP contribution in [0, 0.1) is 0 Å². The van der Waals surface area contributed by atoms with Crippen molar-refractivity contribution in [1.82, 2.24) is 19.5 Å². The van der Waals surface area contributed by atoms with Gasteiger partial charge in [0, 0.05) is 9.92 Å². The summed E-state index contributed by atoms with van der Waals surface area (Å²) in [6.07, 6.45) is -4.46. The van der Waals surface area contributed by atoms with Gasteiger partial charge in [-0.3, -0.25) is 23.4 Å². The number of aliphatic hydroxyl groups is 1. The fourth-order valence-corrected chi connectivity index (χ4v) is 5.44. The number of H-pyrrole nitrogens is 1. The normalized spacial score (nSPS) is 30.5. The lowest BCUT2D eigenvalue weighted by atomic mass is 10.1. The molecule has 12 nitrogen and oxygen atoms in total. The third kappa shape index (κ3) is 3.77. The summed E-state index contributed by atoms with van der Waals surface area (Å²) in [5.41, 5.74) is 5.21. The van der Waals surface area contributed by atoms with Crippen molar-refractivity contribution in [3.8, 4) is 0 Å². The van der Waals surface area contributed by atoms with Crippen molar-refractivity contribution in [2.75, 3.05) is 12.3 Å². The quantitative estimate of drug-likeness (QED) is 0.391. The van der Waals surface area contributed by atoms with Crippen LogP contribution in [0.3, 0.4) is 0 Å². The maximum atomic E-state index is 12.4. The Morgan fingerprint density at radius 1 is 1.32 bits per heavy atom. The van der Waals surface area contributed by atoms with Gasteiger partial charge in [0.1, 0.15) is 18.3 Å². The number of imidazole rings is 1. The number of ether oxygens (including phenoxy) is 1. The molecule has 5 rings (SSSR count). The van der Waals surface area contributed by atoms with Gasteiger partial charge in [0.2, 0.25) is 5.95 Å². The molecule has 0 saturated carbocycles. The Labute approximate surface area is 182 Å². The SMILES string of the molecule is Nc1nc2c(nc(Sc3ccc(Cl)cc3)n2C2OC3COP(=O)(O)OC3C2O)c(=O)[nH]1. The number of nitrogens with two attached hydrogens (primary N) is 1. The highest BCUT2D eigenvalue weighted by Crippen LogP contribution is 2.53. The van der Waals surface area contributed by atoms with Crippen molar-refractivity contribution < 1.29 is 28.3 Å². The molecule has 2 aliphatic rings.